The van der Waals surface area contributed by atoms with Gasteiger partial charge in [0.2, 0.25) is 0 Å². The second kappa shape index (κ2) is 7.20. The lowest BCUT2D eigenvalue weighted by Gasteiger charge is -2.28. The van der Waals surface area contributed by atoms with Gasteiger partial charge in [-0.25, -0.2) is 4.79 Å². The molecule has 0 bridgehead atoms. The van der Waals surface area contributed by atoms with Gasteiger partial charge in [0, 0.05) is 25.4 Å². The molecule has 5 nitrogen and oxygen atoms in total. The molecular formula is C14H24N2O3S. The van der Waals surface area contributed by atoms with Gasteiger partial charge in [-0.2, -0.15) is 11.8 Å². The van der Waals surface area contributed by atoms with Crippen molar-refractivity contribution in [3.05, 3.63) is 0 Å². The van der Waals surface area contributed by atoms with E-state index in [4.69, 9.17) is 5.11 Å². The molecule has 2 fully saturated rings. The Hall–Kier alpha value is -0.910. The standard InChI is InChI=1S/C14H24N2O3S/c1-16(12-6-7-20-9-12)14(19)15-8-10-2-4-11(5-3-10)13(17)18/h10-12H,2-9H2,1H3,(H,15,19)(H,17,18). The van der Waals surface area contributed by atoms with Crippen LogP contribution in [0.15, 0.2) is 0 Å². The number of hydrogen-bond acceptors (Lipinski definition) is 3. The molecule has 0 aromatic carbocycles. The first kappa shape index (κ1) is 15.5. The van der Waals surface area contributed by atoms with E-state index in [2.05, 4.69) is 5.32 Å². The SMILES string of the molecule is CN(C(=O)NCC1CCC(C(=O)O)CC1)C1CCSC1. The van der Waals surface area contributed by atoms with Crippen molar-refractivity contribution in [3.63, 3.8) is 0 Å². The van der Waals surface area contributed by atoms with Gasteiger partial charge < -0.3 is 15.3 Å². The number of carbonyl (C=O) groups is 2. The fourth-order valence-corrected chi connectivity index (χ4v) is 4.23. The van der Waals surface area contributed by atoms with Gasteiger partial charge in [-0.3, -0.25) is 4.79 Å². The molecule has 1 aliphatic heterocycles. The summed E-state index contributed by atoms with van der Waals surface area (Å²) in [5.41, 5.74) is 0. The molecule has 0 spiro atoms. The number of urea groups is 1. The molecule has 2 aliphatic rings. The fraction of sp³-hybridized carbons (Fsp3) is 0.857. The molecule has 2 N–H and O–H groups in total. The summed E-state index contributed by atoms with van der Waals surface area (Å²) in [6, 6.07) is 0.376. The Morgan fingerprint density at radius 3 is 2.50 bits per heavy atom. The number of rotatable bonds is 4. The van der Waals surface area contributed by atoms with Crippen molar-refractivity contribution in [2.75, 3.05) is 25.1 Å². The first-order chi connectivity index (χ1) is 9.58. The molecule has 6 heteroatoms. The summed E-state index contributed by atoms with van der Waals surface area (Å²) in [4.78, 5) is 24.8. The monoisotopic (exact) mass is 300 g/mol. The molecule has 2 amide bonds. The Labute approximate surface area is 124 Å². The number of thioether (sulfide) groups is 1. The van der Waals surface area contributed by atoms with E-state index < -0.39 is 5.97 Å². The van der Waals surface area contributed by atoms with Gasteiger partial charge in [0.1, 0.15) is 0 Å². The number of aliphatic carboxylic acids is 1. The molecule has 1 atom stereocenters. The Balaban J connectivity index is 1.67. The van der Waals surface area contributed by atoms with Crippen LogP contribution in [0.1, 0.15) is 32.1 Å². The molecule has 1 aliphatic carbocycles. The highest BCUT2D eigenvalue weighted by Crippen LogP contribution is 2.28. The lowest BCUT2D eigenvalue weighted by Crippen LogP contribution is -2.45. The van der Waals surface area contributed by atoms with Gasteiger partial charge in [-0.15, -0.1) is 0 Å². The number of amides is 2. The molecule has 0 aromatic heterocycles. The number of nitrogens with one attached hydrogen (secondary N) is 1. The fourth-order valence-electron chi connectivity index (χ4n) is 2.96. The van der Waals surface area contributed by atoms with Crippen molar-refractivity contribution in [3.8, 4) is 0 Å². The zero-order valence-corrected chi connectivity index (χ0v) is 12.8. The van der Waals surface area contributed by atoms with Gasteiger partial charge in [0.25, 0.3) is 0 Å². The maximum atomic E-state index is 12.1. The first-order valence-corrected chi connectivity index (χ1v) is 8.54. The van der Waals surface area contributed by atoms with Crippen LogP contribution in [0.4, 0.5) is 4.79 Å². The lowest BCUT2D eigenvalue weighted by molar-refractivity contribution is -0.143. The van der Waals surface area contributed by atoms with Crippen molar-refractivity contribution in [2.45, 2.75) is 38.1 Å². The largest absolute Gasteiger partial charge is 0.481 e. The van der Waals surface area contributed by atoms with Crippen LogP contribution in [0.25, 0.3) is 0 Å². The van der Waals surface area contributed by atoms with Gasteiger partial charge in [-0.1, -0.05) is 0 Å². The third-order valence-corrected chi connectivity index (χ3v) is 5.66. The summed E-state index contributed by atoms with van der Waals surface area (Å²) in [6.07, 6.45) is 4.37. The molecule has 20 heavy (non-hydrogen) atoms. The second-order valence-electron chi connectivity index (χ2n) is 5.87. The van der Waals surface area contributed by atoms with Crippen molar-refractivity contribution in [1.82, 2.24) is 10.2 Å². The van der Waals surface area contributed by atoms with Crippen LogP contribution >= 0.6 is 11.8 Å². The third-order valence-electron chi connectivity index (χ3n) is 4.51. The predicted molar refractivity (Wildman–Crippen MR) is 80.0 cm³/mol. The van der Waals surface area contributed by atoms with E-state index in [1.54, 1.807) is 0 Å². The summed E-state index contributed by atoms with van der Waals surface area (Å²) in [5, 5.41) is 12.0. The van der Waals surface area contributed by atoms with Crippen LogP contribution < -0.4 is 5.32 Å². The number of carboxylic acid groups (broad SMARTS) is 1. The number of hydrogen-bond donors (Lipinski definition) is 2. The van der Waals surface area contributed by atoms with E-state index in [9.17, 15) is 9.59 Å². The van der Waals surface area contributed by atoms with E-state index in [0.29, 0.717) is 18.5 Å². The maximum absolute atomic E-state index is 12.1. The zero-order valence-electron chi connectivity index (χ0n) is 12.0. The molecular weight excluding hydrogens is 276 g/mol. The molecule has 1 saturated heterocycles. The highest BCUT2D eigenvalue weighted by molar-refractivity contribution is 7.99. The van der Waals surface area contributed by atoms with E-state index >= 15 is 0 Å². The average Bonchev–Trinajstić information content (AvgIpc) is 2.98. The van der Waals surface area contributed by atoms with E-state index in [0.717, 1.165) is 43.6 Å². The number of carbonyl (C=O) groups excluding carboxylic acids is 1. The van der Waals surface area contributed by atoms with E-state index in [-0.39, 0.29) is 11.9 Å². The Bertz CT molecular complexity index is 350. The normalized spacial score (nSPS) is 29.9. The Morgan fingerprint density at radius 2 is 1.95 bits per heavy atom. The maximum Gasteiger partial charge on any atom is 0.317 e. The molecule has 1 unspecified atom stereocenters. The molecule has 1 heterocycles. The summed E-state index contributed by atoms with van der Waals surface area (Å²) in [7, 11) is 1.87. The summed E-state index contributed by atoms with van der Waals surface area (Å²) in [5.74, 6) is 1.75. The van der Waals surface area contributed by atoms with E-state index in [1.165, 1.54) is 0 Å². The van der Waals surface area contributed by atoms with Gasteiger partial charge >= 0.3 is 12.0 Å². The lowest BCUT2D eigenvalue weighted by atomic mass is 9.82. The van der Waals surface area contributed by atoms with Crippen molar-refractivity contribution >= 4 is 23.8 Å². The van der Waals surface area contributed by atoms with Crippen LogP contribution in [-0.2, 0) is 4.79 Å². The van der Waals surface area contributed by atoms with Gasteiger partial charge in [0.05, 0.1) is 5.92 Å². The minimum Gasteiger partial charge on any atom is -0.481 e. The predicted octanol–water partition coefficient (Wildman–Crippen LogP) is 2.02. The molecule has 1 saturated carbocycles. The minimum atomic E-state index is -0.675. The first-order valence-electron chi connectivity index (χ1n) is 7.39. The van der Waals surface area contributed by atoms with Crippen molar-refractivity contribution < 1.29 is 14.7 Å². The van der Waals surface area contributed by atoms with Crippen molar-refractivity contribution in [1.29, 1.82) is 0 Å². The second-order valence-corrected chi connectivity index (χ2v) is 7.02. The highest BCUT2D eigenvalue weighted by atomic mass is 32.2. The quantitative estimate of drug-likeness (QED) is 0.833. The summed E-state index contributed by atoms with van der Waals surface area (Å²) < 4.78 is 0. The van der Waals surface area contributed by atoms with Crippen LogP contribution in [0.5, 0.6) is 0 Å². The van der Waals surface area contributed by atoms with E-state index in [1.807, 2.05) is 23.7 Å². The topological polar surface area (TPSA) is 69.6 Å². The molecule has 2 rings (SSSR count). The van der Waals surface area contributed by atoms with Crippen molar-refractivity contribution in [2.24, 2.45) is 11.8 Å². The third kappa shape index (κ3) is 4.04. The zero-order chi connectivity index (χ0) is 14.5. The van der Waals surface area contributed by atoms with Crippen LogP contribution in [-0.4, -0.2) is 53.1 Å². The van der Waals surface area contributed by atoms with Crippen LogP contribution in [0.2, 0.25) is 0 Å². The summed E-state index contributed by atoms with van der Waals surface area (Å²) >= 11 is 1.90. The highest BCUT2D eigenvalue weighted by Gasteiger charge is 2.27. The average molecular weight is 300 g/mol. The summed E-state index contributed by atoms with van der Waals surface area (Å²) in [6.45, 7) is 0.676. The Morgan fingerprint density at radius 1 is 1.25 bits per heavy atom. The van der Waals surface area contributed by atoms with Gasteiger partial charge in [-0.05, 0) is 43.8 Å². The molecule has 0 radical (unpaired) electrons. The molecule has 0 aromatic rings. The minimum absolute atomic E-state index is 0.0119. The number of carboxylic acids is 1. The Kier molecular flexibility index (Phi) is 5.57. The van der Waals surface area contributed by atoms with Gasteiger partial charge in [0.15, 0.2) is 0 Å². The van der Waals surface area contributed by atoms with Crippen LogP contribution in [0, 0.1) is 11.8 Å². The molecule has 114 valence electrons. The smallest absolute Gasteiger partial charge is 0.317 e. The number of nitrogens with zero attached hydrogens (tertiary/aromatic N) is 1. The van der Waals surface area contributed by atoms with Crippen LogP contribution in [0.3, 0.4) is 0 Å².